The summed E-state index contributed by atoms with van der Waals surface area (Å²) in [7, 11) is 6.39. The summed E-state index contributed by atoms with van der Waals surface area (Å²) in [5, 5.41) is 8.68. The van der Waals surface area contributed by atoms with Crippen LogP contribution in [0.25, 0.3) is 0 Å². The molecule has 3 aromatic carbocycles. The number of benzene rings is 3. The lowest BCUT2D eigenvalue weighted by atomic mass is 10.0. The predicted molar refractivity (Wildman–Crippen MR) is 149 cm³/mol. The molecule has 0 radical (unpaired) electrons. The van der Waals surface area contributed by atoms with Crippen molar-refractivity contribution in [2.24, 2.45) is 0 Å². The van der Waals surface area contributed by atoms with Crippen LogP contribution in [-0.2, 0) is 22.4 Å². The number of hydrogen-bond acceptors (Lipinski definition) is 6. The Morgan fingerprint density at radius 3 is 2.34 bits per heavy atom. The number of nitrogens with one attached hydrogen (secondary N) is 3. The highest BCUT2D eigenvalue weighted by molar-refractivity contribution is 6.01. The van der Waals surface area contributed by atoms with Crippen LogP contribution in [-0.4, -0.2) is 57.7 Å². The average molecular weight is 519 g/mol. The summed E-state index contributed by atoms with van der Waals surface area (Å²) in [6.07, 6.45) is 0.646. The third-order valence-corrected chi connectivity index (χ3v) is 6.20. The molecule has 0 saturated heterocycles. The Hall–Kier alpha value is -4.53. The number of hydrogen-bond donors (Lipinski definition) is 3. The lowest BCUT2D eigenvalue weighted by molar-refractivity contribution is -0.129. The number of para-hydroxylation sites is 1. The van der Waals surface area contributed by atoms with Crippen LogP contribution in [0.2, 0.25) is 0 Å². The van der Waals surface area contributed by atoms with Crippen molar-refractivity contribution >= 4 is 35.0 Å². The SMILES string of the molecule is CNc1ccc(C(=O)OC)c(CCN(C)C(=O)Cc2ccc(NC(=O)Nc3ccccc3C)c(OC)c2)c1. The molecular weight excluding hydrogens is 484 g/mol. The number of rotatable bonds is 10. The number of esters is 1. The number of methoxy groups -OCH3 is 2. The van der Waals surface area contributed by atoms with Gasteiger partial charge >= 0.3 is 12.0 Å². The van der Waals surface area contributed by atoms with Gasteiger partial charge in [0.1, 0.15) is 5.75 Å². The van der Waals surface area contributed by atoms with Crippen LogP contribution in [0.5, 0.6) is 5.75 Å². The van der Waals surface area contributed by atoms with E-state index < -0.39 is 12.0 Å². The van der Waals surface area contributed by atoms with Gasteiger partial charge in [0, 0.05) is 32.0 Å². The van der Waals surface area contributed by atoms with Crippen LogP contribution in [0.1, 0.15) is 27.0 Å². The van der Waals surface area contributed by atoms with E-state index in [1.807, 2.05) is 43.3 Å². The Bertz CT molecular complexity index is 1310. The first kappa shape index (κ1) is 28.0. The highest BCUT2D eigenvalue weighted by Gasteiger charge is 2.16. The number of carbonyl (C=O) groups is 3. The summed E-state index contributed by atoms with van der Waals surface area (Å²) >= 11 is 0. The topological polar surface area (TPSA) is 109 Å². The second kappa shape index (κ2) is 13.1. The van der Waals surface area contributed by atoms with Crippen molar-refractivity contribution in [2.45, 2.75) is 19.8 Å². The van der Waals surface area contributed by atoms with Gasteiger partial charge in [0.05, 0.1) is 31.9 Å². The molecule has 9 heteroatoms. The molecule has 0 saturated carbocycles. The minimum absolute atomic E-state index is 0.0885. The molecule has 3 rings (SSSR count). The highest BCUT2D eigenvalue weighted by Crippen LogP contribution is 2.27. The fraction of sp³-hybridized carbons (Fsp3) is 0.276. The van der Waals surface area contributed by atoms with E-state index in [9.17, 15) is 14.4 Å². The van der Waals surface area contributed by atoms with Gasteiger partial charge in [-0.3, -0.25) is 4.79 Å². The van der Waals surface area contributed by atoms with Crippen molar-refractivity contribution in [2.75, 3.05) is 50.8 Å². The minimum Gasteiger partial charge on any atom is -0.495 e. The Kier molecular flexibility index (Phi) is 9.70. The molecule has 0 aliphatic carbocycles. The summed E-state index contributed by atoms with van der Waals surface area (Å²) < 4.78 is 10.4. The summed E-state index contributed by atoms with van der Waals surface area (Å²) in [5.41, 5.74) is 5.04. The predicted octanol–water partition coefficient (Wildman–Crippen LogP) is 4.72. The van der Waals surface area contributed by atoms with Crippen molar-refractivity contribution in [1.82, 2.24) is 4.90 Å². The van der Waals surface area contributed by atoms with E-state index in [-0.39, 0.29) is 12.3 Å². The lowest BCUT2D eigenvalue weighted by Gasteiger charge is -2.19. The molecule has 3 N–H and O–H groups in total. The van der Waals surface area contributed by atoms with Gasteiger partial charge in [0.25, 0.3) is 0 Å². The van der Waals surface area contributed by atoms with Gasteiger partial charge in [-0.1, -0.05) is 24.3 Å². The van der Waals surface area contributed by atoms with Gasteiger partial charge in [0.2, 0.25) is 5.91 Å². The van der Waals surface area contributed by atoms with Gasteiger partial charge < -0.3 is 30.3 Å². The van der Waals surface area contributed by atoms with Crippen molar-refractivity contribution < 1.29 is 23.9 Å². The number of amides is 3. The second-order valence-electron chi connectivity index (χ2n) is 8.78. The molecule has 38 heavy (non-hydrogen) atoms. The standard InChI is InChI=1S/C29H34N4O5/c1-19-8-6-7-9-24(19)31-29(36)32-25-13-10-20(16-26(25)37-4)17-27(34)33(3)15-14-21-18-22(30-2)11-12-23(21)28(35)38-5/h6-13,16,18,30H,14-15,17H2,1-5H3,(H2,31,32,36). The molecule has 3 amide bonds. The molecule has 200 valence electrons. The number of carbonyl (C=O) groups excluding carboxylic acids is 3. The molecule has 0 aromatic heterocycles. The minimum atomic E-state index is -0.412. The zero-order valence-electron chi connectivity index (χ0n) is 22.4. The van der Waals surface area contributed by atoms with Crippen LogP contribution in [0.3, 0.4) is 0 Å². The highest BCUT2D eigenvalue weighted by atomic mass is 16.5. The van der Waals surface area contributed by atoms with Crippen molar-refractivity contribution in [1.29, 1.82) is 0 Å². The first-order valence-corrected chi connectivity index (χ1v) is 12.2. The summed E-state index contributed by atoms with van der Waals surface area (Å²) in [4.78, 5) is 39.2. The summed E-state index contributed by atoms with van der Waals surface area (Å²) in [6, 6.07) is 17.7. The third-order valence-electron chi connectivity index (χ3n) is 6.20. The van der Waals surface area contributed by atoms with Crippen molar-refractivity contribution in [3.8, 4) is 5.75 Å². The quantitative estimate of drug-likeness (QED) is 0.335. The second-order valence-corrected chi connectivity index (χ2v) is 8.78. The third kappa shape index (κ3) is 7.25. The molecule has 0 aliphatic heterocycles. The molecule has 0 heterocycles. The van der Waals surface area contributed by atoms with E-state index in [2.05, 4.69) is 16.0 Å². The zero-order valence-corrected chi connectivity index (χ0v) is 22.4. The number of aryl methyl sites for hydroxylation is 1. The maximum atomic E-state index is 12.9. The smallest absolute Gasteiger partial charge is 0.338 e. The summed E-state index contributed by atoms with van der Waals surface area (Å²) in [6.45, 7) is 2.34. The Balaban J connectivity index is 1.62. The van der Waals surface area contributed by atoms with Crippen LogP contribution in [0.15, 0.2) is 60.7 Å². The molecule has 0 aliphatic rings. The molecule has 9 nitrogen and oxygen atoms in total. The Labute approximate surface area is 223 Å². The maximum absolute atomic E-state index is 12.9. The number of likely N-dealkylation sites (N-methyl/N-ethyl adjacent to an activating group) is 1. The zero-order chi connectivity index (χ0) is 27.7. The summed E-state index contributed by atoms with van der Waals surface area (Å²) in [5.74, 6) is -0.0519. The first-order valence-electron chi connectivity index (χ1n) is 12.2. The van der Waals surface area contributed by atoms with E-state index in [0.717, 1.165) is 22.4 Å². The molecule has 0 bridgehead atoms. The molecule has 0 fully saturated rings. The van der Waals surface area contributed by atoms with E-state index in [1.165, 1.54) is 14.2 Å². The largest absolute Gasteiger partial charge is 0.495 e. The van der Waals surface area contributed by atoms with Gasteiger partial charge in [-0.15, -0.1) is 0 Å². The van der Waals surface area contributed by atoms with Crippen molar-refractivity contribution in [3.63, 3.8) is 0 Å². The fourth-order valence-corrected chi connectivity index (χ4v) is 3.93. The monoisotopic (exact) mass is 518 g/mol. The first-order chi connectivity index (χ1) is 18.2. The number of ether oxygens (including phenoxy) is 2. The molecular formula is C29H34N4O5. The van der Waals surface area contributed by atoms with Crippen molar-refractivity contribution in [3.05, 3.63) is 82.9 Å². The average Bonchev–Trinajstić information content (AvgIpc) is 2.93. The lowest BCUT2D eigenvalue weighted by Crippen LogP contribution is -2.30. The number of urea groups is 1. The number of anilines is 3. The molecule has 0 atom stereocenters. The van der Waals surface area contributed by atoms with E-state index in [0.29, 0.717) is 35.7 Å². The van der Waals surface area contributed by atoms with E-state index >= 15 is 0 Å². The fourth-order valence-electron chi connectivity index (χ4n) is 3.93. The van der Waals surface area contributed by atoms with Gasteiger partial charge in [-0.2, -0.15) is 0 Å². The maximum Gasteiger partial charge on any atom is 0.338 e. The molecule has 0 unspecified atom stereocenters. The molecule has 0 spiro atoms. The van der Waals surface area contributed by atoms with Gasteiger partial charge in [-0.25, -0.2) is 9.59 Å². The normalized spacial score (nSPS) is 10.3. The van der Waals surface area contributed by atoms with Gasteiger partial charge in [-0.05, 0) is 66.4 Å². The number of nitrogens with zero attached hydrogens (tertiary/aromatic N) is 1. The van der Waals surface area contributed by atoms with Crippen LogP contribution < -0.4 is 20.7 Å². The Morgan fingerprint density at radius 2 is 1.66 bits per heavy atom. The van der Waals surface area contributed by atoms with Gasteiger partial charge in [0.15, 0.2) is 0 Å². The van der Waals surface area contributed by atoms with E-state index in [1.54, 1.807) is 43.3 Å². The Morgan fingerprint density at radius 1 is 0.921 bits per heavy atom. The van der Waals surface area contributed by atoms with Crippen LogP contribution in [0, 0.1) is 6.92 Å². The van der Waals surface area contributed by atoms with Crippen LogP contribution >= 0.6 is 0 Å². The van der Waals surface area contributed by atoms with Crippen LogP contribution in [0.4, 0.5) is 21.9 Å². The van der Waals surface area contributed by atoms with E-state index in [4.69, 9.17) is 9.47 Å². The molecule has 3 aromatic rings.